The Kier molecular flexibility index (Phi) is 10.6. The highest BCUT2D eigenvalue weighted by molar-refractivity contribution is 5.16. The van der Waals surface area contributed by atoms with Gasteiger partial charge in [-0.1, -0.05) is 27.7 Å². The second kappa shape index (κ2) is 14.4. The van der Waals surface area contributed by atoms with E-state index in [1.807, 2.05) is 0 Å². The summed E-state index contributed by atoms with van der Waals surface area (Å²) in [6, 6.07) is 0. The van der Waals surface area contributed by atoms with Crippen molar-refractivity contribution >= 4 is 0 Å². The monoisotopic (exact) mass is 756 g/mol. The van der Waals surface area contributed by atoms with Gasteiger partial charge in [-0.2, -0.15) is 0 Å². The molecule has 4 saturated carbocycles. The molecule has 1 spiro atoms. The number of rotatable bonds is 6. The maximum atomic E-state index is 11.9. The predicted molar refractivity (Wildman–Crippen MR) is 184 cm³/mol. The lowest BCUT2D eigenvalue weighted by molar-refractivity contribution is -0.364. The molecular formula is C39H64O14. The Morgan fingerprint density at radius 3 is 2.04 bits per heavy atom. The maximum Gasteiger partial charge on any atom is 0.187 e. The van der Waals surface area contributed by atoms with Gasteiger partial charge in [-0.15, -0.1) is 0 Å². The minimum Gasteiger partial charge on any atom is -0.394 e. The molecule has 4 saturated heterocycles. The number of aliphatic hydroxyl groups excluding tert-OH is 8. The first-order valence-corrected chi connectivity index (χ1v) is 20.4. The predicted octanol–water partition coefficient (Wildman–Crippen LogP) is 0.413. The second-order valence-corrected chi connectivity index (χ2v) is 18.8. The second-order valence-electron chi connectivity index (χ2n) is 18.8. The largest absolute Gasteiger partial charge is 0.394 e. The number of aliphatic hydroxyl groups is 8. The third-order valence-electron chi connectivity index (χ3n) is 16.2. The highest BCUT2D eigenvalue weighted by Gasteiger charge is 2.70. The van der Waals surface area contributed by atoms with Crippen molar-refractivity contribution in [2.75, 3.05) is 19.8 Å². The van der Waals surface area contributed by atoms with Gasteiger partial charge in [0, 0.05) is 12.3 Å². The molecule has 0 unspecified atom stereocenters. The topological polar surface area (TPSA) is 217 Å². The molecule has 8 N–H and O–H groups in total. The van der Waals surface area contributed by atoms with Crippen molar-refractivity contribution in [2.45, 2.75) is 171 Å². The van der Waals surface area contributed by atoms with Crippen LogP contribution in [0.3, 0.4) is 0 Å². The van der Waals surface area contributed by atoms with Crippen molar-refractivity contribution in [1.82, 2.24) is 0 Å². The number of hydrogen-bond acceptors (Lipinski definition) is 14. The lowest BCUT2D eigenvalue weighted by atomic mass is 9.43. The van der Waals surface area contributed by atoms with Crippen LogP contribution in [0, 0.1) is 52.3 Å². The van der Waals surface area contributed by atoms with Crippen LogP contribution in [0.1, 0.15) is 85.5 Å². The molecule has 4 aliphatic heterocycles. The van der Waals surface area contributed by atoms with Gasteiger partial charge in [0.05, 0.1) is 38.1 Å². The zero-order valence-corrected chi connectivity index (χ0v) is 31.6. The van der Waals surface area contributed by atoms with Crippen LogP contribution in [0.25, 0.3) is 0 Å². The van der Waals surface area contributed by atoms with E-state index in [0.29, 0.717) is 48.3 Å². The Bertz CT molecular complexity index is 1290. The van der Waals surface area contributed by atoms with Gasteiger partial charge in [-0.05, 0) is 97.7 Å². The number of fused-ring (bicyclic) bond motifs is 7. The first-order valence-electron chi connectivity index (χ1n) is 20.4. The Labute approximate surface area is 312 Å². The van der Waals surface area contributed by atoms with Crippen LogP contribution in [-0.2, 0) is 28.4 Å². The van der Waals surface area contributed by atoms with Gasteiger partial charge in [-0.25, -0.2) is 0 Å². The molecule has 304 valence electrons. The molecule has 8 rings (SSSR count). The van der Waals surface area contributed by atoms with Crippen molar-refractivity contribution < 1.29 is 69.3 Å². The van der Waals surface area contributed by atoms with E-state index in [1.165, 1.54) is 0 Å². The molecule has 0 radical (unpaired) electrons. The van der Waals surface area contributed by atoms with E-state index in [0.717, 1.165) is 51.6 Å². The van der Waals surface area contributed by atoms with Crippen molar-refractivity contribution in [3.63, 3.8) is 0 Å². The fourth-order valence-electron chi connectivity index (χ4n) is 13.3. The van der Waals surface area contributed by atoms with E-state index >= 15 is 0 Å². The van der Waals surface area contributed by atoms with E-state index < -0.39 is 86.5 Å². The lowest BCUT2D eigenvalue weighted by Crippen LogP contribution is -2.65. The molecule has 23 atom stereocenters. The molecule has 4 heterocycles. The zero-order valence-electron chi connectivity index (χ0n) is 31.6. The van der Waals surface area contributed by atoms with Gasteiger partial charge >= 0.3 is 0 Å². The van der Waals surface area contributed by atoms with Crippen molar-refractivity contribution in [3.05, 3.63) is 0 Å². The van der Waals surface area contributed by atoms with Crippen LogP contribution >= 0.6 is 0 Å². The van der Waals surface area contributed by atoms with E-state index in [1.54, 1.807) is 0 Å². The molecule has 14 heteroatoms. The first-order chi connectivity index (χ1) is 25.2. The minimum absolute atomic E-state index is 0.00889. The summed E-state index contributed by atoms with van der Waals surface area (Å²) < 4.78 is 36.8. The number of ether oxygens (including phenoxy) is 6. The Hall–Kier alpha value is -0.560. The molecular weight excluding hydrogens is 692 g/mol. The van der Waals surface area contributed by atoms with Crippen LogP contribution in [0.4, 0.5) is 0 Å². The Morgan fingerprint density at radius 1 is 0.660 bits per heavy atom. The van der Waals surface area contributed by atoms with Crippen LogP contribution in [0.5, 0.6) is 0 Å². The summed E-state index contributed by atoms with van der Waals surface area (Å²) in [7, 11) is 0. The van der Waals surface area contributed by atoms with Gasteiger partial charge < -0.3 is 69.3 Å². The van der Waals surface area contributed by atoms with E-state index in [9.17, 15) is 40.9 Å². The zero-order chi connectivity index (χ0) is 37.8. The molecule has 0 aromatic heterocycles. The van der Waals surface area contributed by atoms with E-state index in [2.05, 4.69) is 27.7 Å². The fraction of sp³-hybridized carbons (Fsp3) is 1.00. The average molecular weight is 757 g/mol. The normalized spacial score (nSPS) is 59.5. The maximum absolute atomic E-state index is 11.9. The highest BCUT2D eigenvalue weighted by Crippen LogP contribution is 2.71. The summed E-state index contributed by atoms with van der Waals surface area (Å²) in [6.07, 6.45) is -7.41. The Balaban J connectivity index is 0.911. The summed E-state index contributed by atoms with van der Waals surface area (Å²) in [4.78, 5) is 0. The molecule has 0 amide bonds. The van der Waals surface area contributed by atoms with E-state index in [4.69, 9.17) is 28.4 Å². The van der Waals surface area contributed by atoms with Crippen molar-refractivity contribution in [1.29, 1.82) is 0 Å². The summed E-state index contributed by atoms with van der Waals surface area (Å²) in [5, 5.41) is 84.7. The van der Waals surface area contributed by atoms with Crippen molar-refractivity contribution in [3.8, 4) is 0 Å². The summed E-state index contributed by atoms with van der Waals surface area (Å²) in [5.74, 6) is 2.28. The Morgan fingerprint density at radius 2 is 1.34 bits per heavy atom. The molecule has 8 fully saturated rings. The third kappa shape index (κ3) is 6.20. The van der Waals surface area contributed by atoms with Gasteiger partial charge in [0.15, 0.2) is 18.4 Å². The van der Waals surface area contributed by atoms with Gasteiger partial charge in [0.2, 0.25) is 0 Å². The number of hydrogen-bond donors (Lipinski definition) is 8. The van der Waals surface area contributed by atoms with E-state index in [-0.39, 0.29) is 29.0 Å². The molecule has 14 nitrogen and oxygen atoms in total. The molecule has 0 aromatic carbocycles. The van der Waals surface area contributed by atoms with Gasteiger partial charge in [0.25, 0.3) is 0 Å². The molecule has 53 heavy (non-hydrogen) atoms. The van der Waals surface area contributed by atoms with Gasteiger partial charge in [0.1, 0.15) is 48.8 Å². The average Bonchev–Trinajstić information content (AvgIpc) is 3.59. The smallest absolute Gasteiger partial charge is 0.187 e. The molecule has 0 aromatic rings. The summed E-state index contributed by atoms with van der Waals surface area (Å²) >= 11 is 0. The lowest BCUT2D eigenvalue weighted by Gasteiger charge is -2.62. The fourth-order valence-corrected chi connectivity index (χ4v) is 13.3. The molecule has 4 aliphatic carbocycles. The summed E-state index contributed by atoms with van der Waals surface area (Å²) in [5.41, 5.74) is 0.0639. The third-order valence-corrected chi connectivity index (χ3v) is 16.2. The van der Waals surface area contributed by atoms with Crippen LogP contribution < -0.4 is 0 Å². The summed E-state index contributed by atoms with van der Waals surface area (Å²) in [6.45, 7) is 8.93. The minimum atomic E-state index is -1.74. The quantitative estimate of drug-likeness (QED) is 0.173. The SMILES string of the molecule is C[C@@H]1CC[C@@]2(OC1)O[C@H]1C[C@H]3[C@@H]4C[C@H](O)[C@H]5C[C@@H](O[C@@H]6O[C@H](CO)[C@@H](O[C@@H]7O[C@H](CO)[C@@H](O)[C@H](O)[C@H]7O)[C@H](O)[C@H]6O)CC[C@]5(C)[C@H]4CC[C@]3(C)[C@H]1[C@@H]2C. The molecule has 0 bridgehead atoms. The molecule has 8 aliphatic rings. The highest BCUT2D eigenvalue weighted by atomic mass is 16.7. The van der Waals surface area contributed by atoms with Crippen LogP contribution in [0.2, 0.25) is 0 Å². The van der Waals surface area contributed by atoms with Crippen LogP contribution in [-0.4, -0.2) is 146 Å². The first kappa shape index (κ1) is 39.3. The van der Waals surface area contributed by atoms with Gasteiger partial charge in [-0.3, -0.25) is 0 Å². The standard InChI is InChI=1S/C39H64O14/c1-17-5-10-39(48-16-17)18(2)28-25(53-39)13-22-20-12-24(42)23-11-19(6-8-37(23,3)21(20)7-9-38(22,28)4)49-35-33(47)31(45)34(27(15-41)51-35)52-36-32(46)30(44)29(43)26(14-40)50-36/h17-36,40-47H,5-16H2,1-4H3/t17-,18+,19+,20-,21+,22+,23-,24+,25+,26-,27-,28+,29-,30+,31-,32-,33-,34-,35-,36+,37-,38+,39-/m1/s1. The van der Waals surface area contributed by atoms with Crippen molar-refractivity contribution in [2.24, 2.45) is 52.3 Å². The van der Waals surface area contributed by atoms with Crippen LogP contribution in [0.15, 0.2) is 0 Å².